The van der Waals surface area contributed by atoms with Gasteiger partial charge in [0.05, 0.1) is 28.5 Å². The number of fused-ring (bicyclic) bond motifs is 1. The number of anilines is 1. The molecular weight excluding hydrogens is 464 g/mol. The molecule has 3 aromatic heterocycles. The molecule has 1 unspecified atom stereocenters. The van der Waals surface area contributed by atoms with E-state index in [0.717, 1.165) is 42.2 Å². The molecule has 0 aliphatic carbocycles. The fourth-order valence-electron chi connectivity index (χ4n) is 4.63. The monoisotopic (exact) mass is 492 g/mol. The Bertz CT molecular complexity index is 1410. The summed E-state index contributed by atoms with van der Waals surface area (Å²) in [5.74, 6) is 1.34. The third-order valence-electron chi connectivity index (χ3n) is 6.49. The smallest absolute Gasteiger partial charge is 0.181 e. The first-order chi connectivity index (χ1) is 16.7. The molecule has 0 spiro atoms. The lowest BCUT2D eigenvalue weighted by Crippen LogP contribution is -2.38. The third-order valence-corrected chi connectivity index (χ3v) is 6.86. The summed E-state index contributed by atoms with van der Waals surface area (Å²) in [4.78, 5) is 11.7. The van der Waals surface area contributed by atoms with Crippen LogP contribution in [0.3, 0.4) is 0 Å². The van der Waals surface area contributed by atoms with Crippen LogP contribution in [0.4, 0.5) is 5.82 Å². The molecule has 9 heteroatoms. The SMILES string of the molecule is Cc1ccc(C(O)(c2ccc3nc(N4CCC4)c(OC(C)C)c(Cl)c3c2)c2cnnn2C)c(C)n1. The molecule has 1 atom stereocenters. The first kappa shape index (κ1) is 23.5. The highest BCUT2D eigenvalue weighted by atomic mass is 35.5. The Morgan fingerprint density at radius 3 is 2.49 bits per heavy atom. The van der Waals surface area contributed by atoms with Gasteiger partial charge in [-0.25, -0.2) is 9.67 Å². The van der Waals surface area contributed by atoms with E-state index in [0.29, 0.717) is 33.0 Å². The van der Waals surface area contributed by atoms with Crippen molar-refractivity contribution in [2.75, 3.05) is 18.0 Å². The van der Waals surface area contributed by atoms with Crippen molar-refractivity contribution < 1.29 is 9.84 Å². The minimum absolute atomic E-state index is 0.0614. The number of hydrogen-bond donors (Lipinski definition) is 1. The number of aliphatic hydroxyl groups is 1. The van der Waals surface area contributed by atoms with E-state index in [1.54, 1.807) is 17.9 Å². The standard InChI is InChI=1S/C26H29ClN6O2/c1-15(2)35-24-23(27)19-13-18(8-10-21(19)30-25(24)33-11-6-12-33)26(34,22-14-28-31-32(22)5)20-9-7-16(3)29-17(20)4/h7-10,13-15,34H,6,11-12H2,1-5H3. The average molecular weight is 493 g/mol. The lowest BCUT2D eigenvalue weighted by molar-refractivity contribution is 0.115. The second-order valence-electron chi connectivity index (χ2n) is 9.36. The van der Waals surface area contributed by atoms with E-state index in [1.165, 1.54) is 0 Å². The summed E-state index contributed by atoms with van der Waals surface area (Å²) >= 11 is 6.98. The van der Waals surface area contributed by atoms with Crippen molar-refractivity contribution in [1.82, 2.24) is 25.0 Å². The quantitative estimate of drug-likeness (QED) is 0.429. The summed E-state index contributed by atoms with van der Waals surface area (Å²) in [6, 6.07) is 9.44. The number of aromatic nitrogens is 5. The van der Waals surface area contributed by atoms with Crippen molar-refractivity contribution >= 4 is 28.3 Å². The van der Waals surface area contributed by atoms with Gasteiger partial charge in [0.15, 0.2) is 17.2 Å². The summed E-state index contributed by atoms with van der Waals surface area (Å²) in [6.45, 7) is 9.61. The fourth-order valence-corrected chi connectivity index (χ4v) is 4.91. The lowest BCUT2D eigenvalue weighted by Gasteiger charge is -2.34. The van der Waals surface area contributed by atoms with Gasteiger partial charge in [-0.15, -0.1) is 5.10 Å². The average Bonchev–Trinajstić information content (AvgIpc) is 3.21. The van der Waals surface area contributed by atoms with Crippen LogP contribution in [0.25, 0.3) is 10.9 Å². The second kappa shape index (κ2) is 8.77. The number of rotatable bonds is 6. The highest BCUT2D eigenvalue weighted by molar-refractivity contribution is 6.37. The van der Waals surface area contributed by atoms with E-state index in [9.17, 15) is 5.11 Å². The Balaban J connectivity index is 1.76. The molecule has 4 heterocycles. The lowest BCUT2D eigenvalue weighted by atomic mass is 9.82. The van der Waals surface area contributed by atoms with Gasteiger partial charge >= 0.3 is 0 Å². The number of aryl methyl sites for hydroxylation is 3. The molecule has 5 rings (SSSR count). The Morgan fingerprint density at radius 2 is 1.89 bits per heavy atom. The molecule has 1 saturated heterocycles. The summed E-state index contributed by atoms with van der Waals surface area (Å²) < 4.78 is 7.72. The molecule has 8 nitrogen and oxygen atoms in total. The molecule has 35 heavy (non-hydrogen) atoms. The molecule has 1 aromatic carbocycles. The Labute approximate surface area is 209 Å². The van der Waals surface area contributed by atoms with E-state index in [2.05, 4.69) is 20.2 Å². The molecular formula is C26H29ClN6O2. The maximum absolute atomic E-state index is 12.4. The van der Waals surface area contributed by atoms with Crippen molar-refractivity contribution in [1.29, 1.82) is 0 Å². The maximum Gasteiger partial charge on any atom is 0.181 e. The van der Waals surface area contributed by atoms with E-state index >= 15 is 0 Å². The van der Waals surface area contributed by atoms with Crippen LogP contribution < -0.4 is 9.64 Å². The number of ether oxygens (including phenoxy) is 1. The second-order valence-corrected chi connectivity index (χ2v) is 9.73. The maximum atomic E-state index is 12.4. The first-order valence-corrected chi connectivity index (χ1v) is 12.2. The van der Waals surface area contributed by atoms with Crippen LogP contribution in [0.1, 0.15) is 48.5 Å². The highest BCUT2D eigenvalue weighted by Crippen LogP contribution is 2.44. The highest BCUT2D eigenvalue weighted by Gasteiger charge is 2.39. The van der Waals surface area contributed by atoms with Crippen LogP contribution in [0, 0.1) is 13.8 Å². The van der Waals surface area contributed by atoms with Crippen LogP contribution in [-0.2, 0) is 12.6 Å². The van der Waals surface area contributed by atoms with Gasteiger partial charge in [-0.3, -0.25) is 4.98 Å². The Kier molecular flexibility index (Phi) is 5.89. The van der Waals surface area contributed by atoms with Gasteiger partial charge in [0.2, 0.25) is 0 Å². The van der Waals surface area contributed by atoms with Crippen molar-refractivity contribution in [3.63, 3.8) is 0 Å². The Morgan fingerprint density at radius 1 is 1.11 bits per heavy atom. The summed E-state index contributed by atoms with van der Waals surface area (Å²) in [6.07, 6.45) is 2.63. The largest absolute Gasteiger partial charge is 0.486 e. The normalized spacial score (nSPS) is 15.4. The zero-order chi connectivity index (χ0) is 24.9. The topological polar surface area (TPSA) is 89.2 Å². The zero-order valence-electron chi connectivity index (χ0n) is 20.6. The van der Waals surface area contributed by atoms with Crippen LogP contribution >= 0.6 is 11.6 Å². The number of hydrogen-bond acceptors (Lipinski definition) is 7. The molecule has 1 fully saturated rings. The molecule has 1 N–H and O–H groups in total. The van der Waals surface area contributed by atoms with Crippen molar-refractivity contribution in [3.8, 4) is 5.75 Å². The number of nitrogens with zero attached hydrogens (tertiary/aromatic N) is 6. The van der Waals surface area contributed by atoms with Gasteiger partial charge < -0.3 is 14.7 Å². The fraction of sp³-hybridized carbons (Fsp3) is 0.385. The molecule has 0 amide bonds. The van der Waals surface area contributed by atoms with Gasteiger partial charge in [-0.05, 0) is 57.9 Å². The number of halogens is 1. The van der Waals surface area contributed by atoms with Crippen molar-refractivity contribution in [2.45, 2.75) is 45.8 Å². The molecule has 0 bridgehead atoms. The van der Waals surface area contributed by atoms with E-state index in [4.69, 9.17) is 21.3 Å². The van der Waals surface area contributed by atoms with Gasteiger partial charge in [0, 0.05) is 42.5 Å². The number of pyridine rings is 2. The van der Waals surface area contributed by atoms with Gasteiger partial charge in [0.1, 0.15) is 0 Å². The predicted octanol–water partition coefficient (Wildman–Crippen LogP) is 4.31. The third kappa shape index (κ3) is 3.90. The van der Waals surface area contributed by atoms with Gasteiger partial charge in [-0.2, -0.15) is 0 Å². The minimum atomic E-state index is -1.56. The molecule has 1 aliphatic heterocycles. The van der Waals surface area contributed by atoms with Gasteiger partial charge in [-0.1, -0.05) is 28.9 Å². The molecule has 4 aromatic rings. The van der Waals surface area contributed by atoms with Crippen LogP contribution in [0.2, 0.25) is 5.02 Å². The number of benzene rings is 1. The van der Waals surface area contributed by atoms with Crippen LogP contribution in [0.5, 0.6) is 5.75 Å². The van der Waals surface area contributed by atoms with Crippen molar-refractivity contribution in [3.05, 3.63) is 69.8 Å². The molecule has 182 valence electrons. The summed E-state index contributed by atoms with van der Waals surface area (Å²) in [7, 11) is 1.76. The summed E-state index contributed by atoms with van der Waals surface area (Å²) in [5.41, 5.74) is 2.54. The predicted molar refractivity (Wildman–Crippen MR) is 136 cm³/mol. The molecule has 0 saturated carbocycles. The zero-order valence-corrected chi connectivity index (χ0v) is 21.3. The summed E-state index contributed by atoms with van der Waals surface area (Å²) in [5, 5.41) is 21.7. The van der Waals surface area contributed by atoms with E-state index in [1.807, 2.05) is 58.0 Å². The van der Waals surface area contributed by atoms with E-state index in [-0.39, 0.29) is 6.10 Å². The van der Waals surface area contributed by atoms with Crippen LogP contribution in [-0.4, -0.2) is 49.3 Å². The van der Waals surface area contributed by atoms with Crippen molar-refractivity contribution in [2.24, 2.45) is 7.05 Å². The van der Waals surface area contributed by atoms with E-state index < -0.39 is 5.60 Å². The Hall–Kier alpha value is -3.23. The minimum Gasteiger partial charge on any atom is -0.486 e. The molecule has 1 aliphatic rings. The molecule has 0 radical (unpaired) electrons. The van der Waals surface area contributed by atoms with Crippen LogP contribution in [0.15, 0.2) is 36.5 Å². The van der Waals surface area contributed by atoms with Gasteiger partial charge in [0.25, 0.3) is 0 Å². The first-order valence-electron chi connectivity index (χ1n) is 11.8.